The van der Waals surface area contributed by atoms with Crippen LogP contribution in [0.3, 0.4) is 0 Å². The number of rotatable bonds is 8. The van der Waals surface area contributed by atoms with E-state index in [1.807, 2.05) is 36.4 Å². The molecule has 26 heavy (non-hydrogen) atoms. The maximum atomic E-state index is 12.3. The number of carbonyl (C=O) groups excluding carboxylic acids is 2. The van der Waals surface area contributed by atoms with Gasteiger partial charge in [-0.1, -0.05) is 52.3 Å². The fourth-order valence-electron chi connectivity index (χ4n) is 2.17. The number of halogens is 1. The first-order chi connectivity index (χ1) is 12.6. The highest BCUT2D eigenvalue weighted by atomic mass is 79.9. The molecule has 2 N–H and O–H groups in total. The van der Waals surface area contributed by atoms with Crippen molar-refractivity contribution in [2.24, 2.45) is 0 Å². The van der Waals surface area contributed by atoms with Crippen LogP contribution in [0, 0.1) is 11.3 Å². The molecule has 0 fully saturated rings. The summed E-state index contributed by atoms with van der Waals surface area (Å²) < 4.78 is 1.01. The first-order valence-electron chi connectivity index (χ1n) is 7.93. The number of carbonyl (C=O) groups is 2. The summed E-state index contributed by atoms with van der Waals surface area (Å²) in [5.41, 5.74) is 1.60. The minimum Gasteiger partial charge on any atom is -0.341 e. The summed E-state index contributed by atoms with van der Waals surface area (Å²) in [6.45, 7) is -0.0918. The predicted molar refractivity (Wildman–Crippen MR) is 107 cm³/mol. The van der Waals surface area contributed by atoms with Crippen molar-refractivity contribution in [1.82, 2.24) is 10.6 Å². The van der Waals surface area contributed by atoms with Crippen LogP contribution in [0.1, 0.15) is 15.9 Å². The molecule has 7 heteroatoms. The Morgan fingerprint density at radius 2 is 1.81 bits per heavy atom. The highest BCUT2D eigenvalue weighted by Crippen LogP contribution is 2.21. The van der Waals surface area contributed by atoms with E-state index in [4.69, 9.17) is 5.26 Å². The number of benzene rings is 2. The number of hydrogen-bond donors (Lipinski definition) is 2. The van der Waals surface area contributed by atoms with Crippen LogP contribution in [0.15, 0.2) is 59.1 Å². The highest BCUT2D eigenvalue weighted by molar-refractivity contribution is 9.10. The molecule has 2 rings (SSSR count). The SMILES string of the molecule is N#CCNC(=O)C(CSCc1ccccc1Br)NC(=O)c1ccccc1. The third-order valence-corrected chi connectivity index (χ3v) is 5.36. The Hall–Kier alpha value is -2.30. The number of nitriles is 1. The molecule has 2 aromatic rings. The third kappa shape index (κ3) is 6.21. The second kappa shape index (κ2) is 10.6. The summed E-state index contributed by atoms with van der Waals surface area (Å²) in [6, 6.07) is 17.7. The summed E-state index contributed by atoms with van der Waals surface area (Å²) >= 11 is 5.04. The first-order valence-corrected chi connectivity index (χ1v) is 9.88. The summed E-state index contributed by atoms with van der Waals surface area (Å²) in [5, 5.41) is 13.9. The summed E-state index contributed by atoms with van der Waals surface area (Å²) in [7, 11) is 0. The predicted octanol–water partition coefficient (Wildman–Crippen LogP) is 3.12. The van der Waals surface area contributed by atoms with E-state index in [2.05, 4.69) is 26.6 Å². The molecule has 1 atom stereocenters. The molecule has 0 saturated heterocycles. The first kappa shape index (κ1) is 20.0. The van der Waals surface area contributed by atoms with Crippen molar-refractivity contribution in [1.29, 1.82) is 5.26 Å². The molecule has 134 valence electrons. The van der Waals surface area contributed by atoms with Crippen molar-refractivity contribution < 1.29 is 9.59 Å². The molecule has 0 saturated carbocycles. The molecule has 1 unspecified atom stereocenters. The van der Waals surface area contributed by atoms with Crippen molar-refractivity contribution in [2.45, 2.75) is 11.8 Å². The number of nitrogens with zero attached hydrogens (tertiary/aromatic N) is 1. The zero-order valence-electron chi connectivity index (χ0n) is 13.9. The Balaban J connectivity index is 1.99. The van der Waals surface area contributed by atoms with E-state index < -0.39 is 6.04 Å². The summed E-state index contributed by atoms with van der Waals surface area (Å²) in [4.78, 5) is 24.6. The molecule has 2 aromatic carbocycles. The number of amides is 2. The van der Waals surface area contributed by atoms with Crippen LogP contribution in [0.2, 0.25) is 0 Å². The van der Waals surface area contributed by atoms with E-state index in [1.54, 1.807) is 24.3 Å². The smallest absolute Gasteiger partial charge is 0.251 e. The van der Waals surface area contributed by atoms with Gasteiger partial charge in [-0.25, -0.2) is 0 Å². The summed E-state index contributed by atoms with van der Waals surface area (Å²) in [6.07, 6.45) is 0. The number of hydrogen-bond acceptors (Lipinski definition) is 4. The zero-order valence-corrected chi connectivity index (χ0v) is 16.3. The van der Waals surface area contributed by atoms with E-state index in [-0.39, 0.29) is 18.4 Å². The summed E-state index contributed by atoms with van der Waals surface area (Å²) in [5.74, 6) is 0.418. The van der Waals surface area contributed by atoms with E-state index in [9.17, 15) is 9.59 Å². The maximum absolute atomic E-state index is 12.3. The van der Waals surface area contributed by atoms with Crippen LogP contribution in [0.5, 0.6) is 0 Å². The molecule has 0 heterocycles. The van der Waals surface area contributed by atoms with E-state index in [1.165, 1.54) is 11.8 Å². The zero-order chi connectivity index (χ0) is 18.8. The Morgan fingerprint density at radius 1 is 1.12 bits per heavy atom. The lowest BCUT2D eigenvalue weighted by Gasteiger charge is -2.18. The minimum atomic E-state index is -0.719. The van der Waals surface area contributed by atoms with Crippen molar-refractivity contribution in [3.8, 4) is 6.07 Å². The molecule has 0 bridgehead atoms. The second-order valence-corrected chi connectivity index (χ2v) is 7.26. The lowest BCUT2D eigenvalue weighted by molar-refractivity contribution is -0.122. The van der Waals surface area contributed by atoms with Crippen LogP contribution >= 0.6 is 27.7 Å². The van der Waals surface area contributed by atoms with E-state index >= 15 is 0 Å². The van der Waals surface area contributed by atoms with Crippen LogP contribution in [0.25, 0.3) is 0 Å². The van der Waals surface area contributed by atoms with Gasteiger partial charge in [-0.2, -0.15) is 17.0 Å². The standard InChI is InChI=1S/C19H18BrN3O2S/c20-16-9-5-4-8-15(16)12-26-13-17(19(25)22-11-10-21)23-18(24)14-6-2-1-3-7-14/h1-9,17H,11-13H2,(H,22,25)(H,23,24). The van der Waals surface area contributed by atoms with Gasteiger partial charge in [0.2, 0.25) is 5.91 Å². The van der Waals surface area contributed by atoms with Crippen molar-refractivity contribution in [3.63, 3.8) is 0 Å². The van der Waals surface area contributed by atoms with Crippen LogP contribution in [-0.2, 0) is 10.5 Å². The highest BCUT2D eigenvalue weighted by Gasteiger charge is 2.21. The average molecular weight is 432 g/mol. The van der Waals surface area contributed by atoms with Gasteiger partial charge in [-0.15, -0.1) is 0 Å². The van der Waals surface area contributed by atoms with Gasteiger partial charge in [0.05, 0.1) is 6.07 Å². The second-order valence-electron chi connectivity index (χ2n) is 5.37. The quantitative estimate of drug-likeness (QED) is 0.628. The maximum Gasteiger partial charge on any atom is 0.251 e. The van der Waals surface area contributed by atoms with Gasteiger partial charge in [-0.3, -0.25) is 9.59 Å². The monoisotopic (exact) mass is 431 g/mol. The lowest BCUT2D eigenvalue weighted by atomic mass is 10.2. The molecule has 0 spiro atoms. The fraction of sp³-hybridized carbons (Fsp3) is 0.211. The van der Waals surface area contributed by atoms with Gasteiger partial charge < -0.3 is 10.6 Å². The van der Waals surface area contributed by atoms with Crippen molar-refractivity contribution in [3.05, 3.63) is 70.2 Å². The molecule has 0 aliphatic rings. The Labute approximate surface area is 165 Å². The largest absolute Gasteiger partial charge is 0.341 e. The van der Waals surface area contributed by atoms with Crippen molar-refractivity contribution in [2.75, 3.05) is 12.3 Å². The molecule has 0 radical (unpaired) electrons. The van der Waals surface area contributed by atoms with Gasteiger partial charge in [0.15, 0.2) is 0 Å². The van der Waals surface area contributed by atoms with Crippen LogP contribution < -0.4 is 10.6 Å². The molecule has 5 nitrogen and oxygen atoms in total. The van der Waals surface area contributed by atoms with Crippen LogP contribution in [-0.4, -0.2) is 30.2 Å². The molecule has 0 aliphatic heterocycles. The third-order valence-electron chi connectivity index (χ3n) is 3.50. The molecule has 0 aliphatic carbocycles. The van der Waals surface area contributed by atoms with Gasteiger partial charge in [-0.05, 0) is 23.8 Å². The molecule has 0 aromatic heterocycles. The number of thioether (sulfide) groups is 1. The van der Waals surface area contributed by atoms with E-state index in [0.717, 1.165) is 10.0 Å². The van der Waals surface area contributed by atoms with Gasteiger partial charge >= 0.3 is 0 Å². The minimum absolute atomic E-state index is 0.0918. The van der Waals surface area contributed by atoms with Gasteiger partial charge in [0.25, 0.3) is 5.91 Å². The Kier molecular flexibility index (Phi) is 8.19. The van der Waals surface area contributed by atoms with Crippen molar-refractivity contribution >= 4 is 39.5 Å². The Bertz CT molecular complexity index is 793. The lowest BCUT2D eigenvalue weighted by Crippen LogP contribution is -2.48. The molecule has 2 amide bonds. The fourth-order valence-corrected chi connectivity index (χ4v) is 3.84. The topological polar surface area (TPSA) is 82.0 Å². The molecular weight excluding hydrogens is 414 g/mol. The van der Waals surface area contributed by atoms with Gasteiger partial charge in [0.1, 0.15) is 12.6 Å². The van der Waals surface area contributed by atoms with Crippen LogP contribution in [0.4, 0.5) is 0 Å². The number of nitrogens with one attached hydrogen (secondary N) is 2. The average Bonchev–Trinajstić information content (AvgIpc) is 2.67. The van der Waals surface area contributed by atoms with E-state index in [0.29, 0.717) is 17.1 Å². The van der Waals surface area contributed by atoms with Gasteiger partial charge in [0, 0.05) is 21.5 Å². The Morgan fingerprint density at radius 3 is 2.50 bits per heavy atom. The normalized spacial score (nSPS) is 11.2. The molecular formula is C19H18BrN3O2S.